The van der Waals surface area contributed by atoms with Crippen molar-refractivity contribution in [3.8, 4) is 11.4 Å². The SMILES string of the molecule is CCOC(=O)c1c(C)n(-c2ccc(OC)cc2)c2cc(C)c(NS(=O)(=O)c3ccc(C)cc3)cc12. The number of hydrogen-bond acceptors (Lipinski definition) is 5. The van der Waals surface area contributed by atoms with Crippen molar-refractivity contribution in [3.05, 3.63) is 83.0 Å². The molecule has 3 aromatic carbocycles. The summed E-state index contributed by atoms with van der Waals surface area (Å²) in [5, 5.41) is 0.601. The number of hydrogen-bond donors (Lipinski definition) is 1. The summed E-state index contributed by atoms with van der Waals surface area (Å²) in [5.74, 6) is 0.260. The van der Waals surface area contributed by atoms with Gasteiger partial charge in [-0.05, 0) is 81.8 Å². The van der Waals surface area contributed by atoms with E-state index in [0.717, 1.165) is 28.1 Å². The third kappa shape index (κ3) is 4.61. The molecule has 0 saturated carbocycles. The summed E-state index contributed by atoms with van der Waals surface area (Å²) in [6.07, 6.45) is 0. The van der Waals surface area contributed by atoms with Crippen molar-refractivity contribution in [1.82, 2.24) is 4.57 Å². The van der Waals surface area contributed by atoms with Gasteiger partial charge in [0, 0.05) is 16.8 Å². The summed E-state index contributed by atoms with van der Waals surface area (Å²) in [7, 11) is -2.21. The molecule has 0 bridgehead atoms. The summed E-state index contributed by atoms with van der Waals surface area (Å²) >= 11 is 0. The monoisotopic (exact) mass is 492 g/mol. The van der Waals surface area contributed by atoms with Crippen molar-refractivity contribution in [2.75, 3.05) is 18.4 Å². The Morgan fingerprint density at radius 1 is 0.971 bits per heavy atom. The smallest absolute Gasteiger partial charge is 0.340 e. The average Bonchev–Trinajstić information content (AvgIpc) is 3.10. The highest BCUT2D eigenvalue weighted by Gasteiger charge is 2.24. The molecule has 1 heterocycles. The number of nitrogens with one attached hydrogen (secondary N) is 1. The topological polar surface area (TPSA) is 86.6 Å². The van der Waals surface area contributed by atoms with E-state index < -0.39 is 16.0 Å². The summed E-state index contributed by atoms with van der Waals surface area (Å²) in [5.41, 5.74) is 4.79. The second-order valence-corrected chi connectivity index (χ2v) is 10.00. The molecule has 1 N–H and O–H groups in total. The first kappa shape index (κ1) is 24.3. The number of carbonyl (C=O) groups excluding carboxylic acids is 1. The Balaban J connectivity index is 1.89. The molecule has 0 fully saturated rings. The zero-order valence-electron chi connectivity index (χ0n) is 20.4. The van der Waals surface area contributed by atoms with Crippen molar-refractivity contribution < 1.29 is 22.7 Å². The second kappa shape index (κ2) is 9.46. The highest BCUT2D eigenvalue weighted by molar-refractivity contribution is 7.92. The third-order valence-electron chi connectivity index (χ3n) is 5.94. The lowest BCUT2D eigenvalue weighted by Crippen LogP contribution is -2.14. The summed E-state index contributed by atoms with van der Waals surface area (Å²) in [4.78, 5) is 13.1. The number of esters is 1. The Morgan fingerprint density at radius 3 is 2.23 bits per heavy atom. The Hall–Kier alpha value is -3.78. The van der Waals surface area contributed by atoms with Gasteiger partial charge < -0.3 is 14.0 Å². The predicted octanol–water partition coefficient (Wildman–Crippen LogP) is 5.54. The van der Waals surface area contributed by atoms with Gasteiger partial charge in [0.25, 0.3) is 10.0 Å². The van der Waals surface area contributed by atoms with Crippen LogP contribution in [0.1, 0.15) is 34.1 Å². The lowest BCUT2D eigenvalue weighted by Gasteiger charge is -2.13. The number of ether oxygens (including phenoxy) is 2. The van der Waals surface area contributed by atoms with E-state index in [9.17, 15) is 13.2 Å². The molecular formula is C27H28N2O5S. The van der Waals surface area contributed by atoms with Crippen molar-refractivity contribution in [1.29, 1.82) is 0 Å². The number of carbonyl (C=O) groups is 1. The summed E-state index contributed by atoms with van der Waals surface area (Å²) in [6, 6.07) is 17.7. The molecule has 0 unspecified atom stereocenters. The van der Waals surface area contributed by atoms with Crippen LogP contribution < -0.4 is 9.46 Å². The average molecular weight is 493 g/mol. The molecule has 1 aromatic heterocycles. The minimum atomic E-state index is -3.81. The van der Waals surface area contributed by atoms with Crippen LogP contribution in [0.25, 0.3) is 16.6 Å². The van der Waals surface area contributed by atoms with Crippen molar-refractivity contribution >= 4 is 32.6 Å². The Morgan fingerprint density at radius 2 is 1.63 bits per heavy atom. The Kier molecular flexibility index (Phi) is 6.58. The highest BCUT2D eigenvalue weighted by Crippen LogP contribution is 2.35. The number of sulfonamides is 1. The molecule has 0 aliphatic heterocycles. The number of rotatable bonds is 7. The van der Waals surface area contributed by atoms with Crippen LogP contribution >= 0.6 is 0 Å². The van der Waals surface area contributed by atoms with E-state index in [1.54, 1.807) is 44.4 Å². The Labute approximate surface area is 205 Å². The molecule has 0 amide bonds. The fourth-order valence-corrected chi connectivity index (χ4v) is 5.24. The molecule has 35 heavy (non-hydrogen) atoms. The van der Waals surface area contributed by atoms with Crippen LogP contribution in [0.5, 0.6) is 5.75 Å². The van der Waals surface area contributed by atoms with E-state index in [4.69, 9.17) is 9.47 Å². The molecule has 8 heteroatoms. The van der Waals surface area contributed by atoms with Crippen molar-refractivity contribution in [2.24, 2.45) is 0 Å². The first-order valence-corrected chi connectivity index (χ1v) is 12.7. The van der Waals surface area contributed by atoms with Crippen LogP contribution in [-0.4, -0.2) is 32.7 Å². The molecule has 0 aliphatic rings. The molecule has 0 atom stereocenters. The molecule has 0 saturated heterocycles. The number of aromatic nitrogens is 1. The fourth-order valence-electron chi connectivity index (χ4n) is 4.12. The van der Waals surface area contributed by atoms with Gasteiger partial charge in [-0.3, -0.25) is 4.72 Å². The molecule has 7 nitrogen and oxygen atoms in total. The lowest BCUT2D eigenvalue weighted by atomic mass is 10.1. The minimum Gasteiger partial charge on any atom is -0.497 e. The van der Waals surface area contributed by atoms with Crippen LogP contribution in [0.4, 0.5) is 5.69 Å². The van der Waals surface area contributed by atoms with Crippen LogP contribution in [0.15, 0.2) is 65.6 Å². The zero-order valence-corrected chi connectivity index (χ0v) is 21.2. The summed E-state index contributed by atoms with van der Waals surface area (Å²) < 4.78 is 41.4. The van der Waals surface area contributed by atoms with Crippen LogP contribution in [0.3, 0.4) is 0 Å². The third-order valence-corrected chi connectivity index (χ3v) is 7.32. The maximum absolute atomic E-state index is 13.1. The standard InChI is InChI=1S/C27H28N2O5S/c1-6-34-27(30)26-19(4)29(20-9-11-21(33-5)12-10-20)25-15-18(3)24(16-23(25)26)28-35(31,32)22-13-7-17(2)8-14-22/h7-16,28H,6H2,1-5H3. The molecule has 0 radical (unpaired) electrons. The van der Waals surface area contributed by atoms with E-state index in [1.807, 2.05) is 55.7 Å². The van der Waals surface area contributed by atoms with E-state index in [-0.39, 0.29) is 11.5 Å². The first-order valence-electron chi connectivity index (χ1n) is 11.2. The van der Waals surface area contributed by atoms with Gasteiger partial charge in [0.05, 0.1) is 35.4 Å². The molecule has 182 valence electrons. The molecule has 4 aromatic rings. The van der Waals surface area contributed by atoms with Crippen LogP contribution in [-0.2, 0) is 14.8 Å². The number of benzene rings is 3. The normalized spacial score (nSPS) is 11.5. The van der Waals surface area contributed by atoms with E-state index in [1.165, 1.54) is 0 Å². The minimum absolute atomic E-state index is 0.167. The molecule has 0 spiro atoms. The van der Waals surface area contributed by atoms with Gasteiger partial charge in [-0.25, -0.2) is 13.2 Å². The maximum Gasteiger partial charge on any atom is 0.340 e. The fraction of sp³-hybridized carbons (Fsp3) is 0.222. The van der Waals surface area contributed by atoms with E-state index in [2.05, 4.69) is 4.72 Å². The van der Waals surface area contributed by atoms with Gasteiger partial charge in [-0.2, -0.15) is 0 Å². The number of methoxy groups -OCH3 is 1. The van der Waals surface area contributed by atoms with Gasteiger partial charge in [-0.1, -0.05) is 17.7 Å². The second-order valence-electron chi connectivity index (χ2n) is 8.32. The first-order chi connectivity index (χ1) is 16.7. The number of nitrogens with zero attached hydrogens (tertiary/aromatic N) is 1. The van der Waals surface area contributed by atoms with E-state index in [0.29, 0.717) is 22.3 Å². The lowest BCUT2D eigenvalue weighted by molar-refractivity contribution is 0.0527. The van der Waals surface area contributed by atoms with Gasteiger partial charge in [0.15, 0.2) is 0 Å². The number of anilines is 1. The maximum atomic E-state index is 13.1. The number of aryl methyl sites for hydroxylation is 2. The van der Waals surface area contributed by atoms with Gasteiger partial charge in [0.1, 0.15) is 5.75 Å². The van der Waals surface area contributed by atoms with Crippen LogP contribution in [0, 0.1) is 20.8 Å². The Bertz CT molecular complexity index is 1500. The molecule has 0 aliphatic carbocycles. The summed E-state index contributed by atoms with van der Waals surface area (Å²) in [6.45, 7) is 7.56. The van der Waals surface area contributed by atoms with E-state index >= 15 is 0 Å². The van der Waals surface area contributed by atoms with Crippen molar-refractivity contribution in [2.45, 2.75) is 32.6 Å². The van der Waals surface area contributed by atoms with Crippen molar-refractivity contribution in [3.63, 3.8) is 0 Å². The quantitative estimate of drug-likeness (QED) is 0.342. The zero-order chi connectivity index (χ0) is 25.3. The molecule has 4 rings (SSSR count). The van der Waals surface area contributed by atoms with Crippen LogP contribution in [0.2, 0.25) is 0 Å². The highest BCUT2D eigenvalue weighted by atomic mass is 32.2. The number of fused-ring (bicyclic) bond motifs is 1. The van der Waals surface area contributed by atoms with Gasteiger partial charge >= 0.3 is 5.97 Å². The predicted molar refractivity (Wildman–Crippen MR) is 137 cm³/mol. The molecular weight excluding hydrogens is 464 g/mol. The largest absolute Gasteiger partial charge is 0.497 e. The van der Waals surface area contributed by atoms with Gasteiger partial charge in [-0.15, -0.1) is 0 Å². The van der Waals surface area contributed by atoms with Gasteiger partial charge in [0.2, 0.25) is 0 Å².